The average Bonchev–Trinajstić information content (AvgIpc) is 2.78. The lowest BCUT2D eigenvalue weighted by Gasteiger charge is -2.26. The summed E-state index contributed by atoms with van der Waals surface area (Å²) in [6.07, 6.45) is 0.874. The highest BCUT2D eigenvalue weighted by molar-refractivity contribution is 5.31. The zero-order chi connectivity index (χ0) is 13.1. The first-order chi connectivity index (χ1) is 8.67. The fourth-order valence-corrected chi connectivity index (χ4v) is 2.39. The molecule has 1 aliphatic heterocycles. The molecule has 1 fully saturated rings. The first-order valence-electron chi connectivity index (χ1n) is 6.08. The van der Waals surface area contributed by atoms with Crippen LogP contribution in [0.5, 0.6) is 5.75 Å². The van der Waals surface area contributed by atoms with Crippen molar-refractivity contribution >= 4 is 0 Å². The average molecular weight is 254 g/mol. The summed E-state index contributed by atoms with van der Waals surface area (Å²) in [7, 11) is 1.51. The van der Waals surface area contributed by atoms with E-state index in [-0.39, 0.29) is 18.0 Å². The summed E-state index contributed by atoms with van der Waals surface area (Å²) in [4.78, 5) is 0. The second kappa shape index (κ2) is 5.65. The van der Waals surface area contributed by atoms with E-state index in [0.29, 0.717) is 23.8 Å². The highest BCUT2D eigenvalue weighted by atomic mass is 19.1. The Morgan fingerprint density at radius 1 is 1.56 bits per heavy atom. The van der Waals surface area contributed by atoms with Gasteiger partial charge in [-0.2, -0.15) is 0 Å². The van der Waals surface area contributed by atoms with Crippen LogP contribution >= 0.6 is 0 Å². The Kier molecular flexibility index (Phi) is 4.16. The van der Waals surface area contributed by atoms with Gasteiger partial charge in [0.2, 0.25) is 0 Å². The molecule has 2 rings (SSSR count). The van der Waals surface area contributed by atoms with Gasteiger partial charge in [-0.15, -0.1) is 0 Å². The number of rotatable bonds is 4. The van der Waals surface area contributed by atoms with Crippen molar-refractivity contribution in [1.29, 1.82) is 0 Å². The number of nitrogens with one attached hydrogen (secondary N) is 1. The summed E-state index contributed by atoms with van der Waals surface area (Å²) in [5.74, 6) is 6.07. The molecule has 0 amide bonds. The fourth-order valence-electron chi connectivity index (χ4n) is 2.39. The van der Waals surface area contributed by atoms with E-state index in [1.807, 2.05) is 0 Å². The van der Waals surface area contributed by atoms with E-state index in [2.05, 4.69) is 12.3 Å². The lowest BCUT2D eigenvalue weighted by molar-refractivity contribution is 0.0596. The maximum atomic E-state index is 14.0. The predicted octanol–water partition coefficient (Wildman–Crippen LogP) is 1.76. The largest absolute Gasteiger partial charge is 0.497 e. The molecule has 1 saturated heterocycles. The molecule has 1 aliphatic rings. The van der Waals surface area contributed by atoms with Crippen molar-refractivity contribution in [2.24, 2.45) is 11.8 Å². The third-order valence-corrected chi connectivity index (χ3v) is 3.50. The Hall–Kier alpha value is -1.17. The first kappa shape index (κ1) is 13.3. The number of ether oxygens (including phenoxy) is 2. The molecule has 3 N–H and O–H groups in total. The quantitative estimate of drug-likeness (QED) is 0.635. The maximum Gasteiger partial charge on any atom is 0.131 e. The van der Waals surface area contributed by atoms with E-state index < -0.39 is 0 Å². The van der Waals surface area contributed by atoms with Crippen LogP contribution in [0.3, 0.4) is 0 Å². The summed E-state index contributed by atoms with van der Waals surface area (Å²) in [6.45, 7) is 2.78. The number of methoxy groups -OCH3 is 1. The summed E-state index contributed by atoms with van der Waals surface area (Å²) in [6, 6.07) is 4.43. The van der Waals surface area contributed by atoms with Gasteiger partial charge < -0.3 is 9.47 Å². The molecule has 1 aromatic carbocycles. The van der Waals surface area contributed by atoms with E-state index in [1.54, 1.807) is 12.1 Å². The fraction of sp³-hybridized carbons (Fsp3) is 0.538. The number of hydrogen-bond donors (Lipinski definition) is 2. The zero-order valence-corrected chi connectivity index (χ0v) is 10.7. The molecule has 0 aromatic heterocycles. The molecule has 0 aliphatic carbocycles. The summed E-state index contributed by atoms with van der Waals surface area (Å²) in [5.41, 5.74) is 3.17. The molecule has 4 nitrogen and oxygen atoms in total. The van der Waals surface area contributed by atoms with Crippen molar-refractivity contribution in [2.45, 2.75) is 25.5 Å². The molecular weight excluding hydrogens is 235 g/mol. The van der Waals surface area contributed by atoms with Crippen LogP contribution in [0.1, 0.15) is 24.9 Å². The number of nitrogens with two attached hydrogens (primary N) is 1. The molecule has 3 atom stereocenters. The van der Waals surface area contributed by atoms with Crippen molar-refractivity contribution in [1.82, 2.24) is 5.43 Å². The van der Waals surface area contributed by atoms with Crippen LogP contribution in [0.25, 0.3) is 0 Å². The monoisotopic (exact) mass is 254 g/mol. The van der Waals surface area contributed by atoms with Crippen molar-refractivity contribution in [3.8, 4) is 5.75 Å². The molecular formula is C13H19FN2O2. The van der Waals surface area contributed by atoms with Gasteiger partial charge >= 0.3 is 0 Å². The molecule has 5 heteroatoms. The molecule has 0 bridgehead atoms. The molecule has 0 radical (unpaired) electrons. The Balaban J connectivity index is 2.27. The summed E-state index contributed by atoms with van der Waals surface area (Å²) < 4.78 is 24.7. The van der Waals surface area contributed by atoms with Gasteiger partial charge in [-0.05, 0) is 18.4 Å². The smallest absolute Gasteiger partial charge is 0.131 e. The first-order valence-corrected chi connectivity index (χ1v) is 6.08. The number of halogens is 1. The normalized spacial score (nSPS) is 25.1. The van der Waals surface area contributed by atoms with E-state index >= 15 is 0 Å². The standard InChI is InChI=1S/C13H19FN2O2/c1-8-5-6-18-13(8)12(16-15)10-4-3-9(17-2)7-11(10)14/h3-4,7-8,12-13,16H,5-6,15H2,1-2H3. The van der Waals surface area contributed by atoms with E-state index in [9.17, 15) is 4.39 Å². The minimum Gasteiger partial charge on any atom is -0.497 e. The van der Waals surface area contributed by atoms with Gasteiger partial charge in [0.1, 0.15) is 11.6 Å². The second-order valence-electron chi connectivity index (χ2n) is 4.63. The Labute approximate surface area is 106 Å². The SMILES string of the molecule is COc1ccc(C(NN)C2OCCC2C)c(F)c1. The van der Waals surface area contributed by atoms with Crippen LogP contribution in [0.15, 0.2) is 18.2 Å². The van der Waals surface area contributed by atoms with Gasteiger partial charge in [-0.3, -0.25) is 11.3 Å². The van der Waals surface area contributed by atoms with E-state index in [0.717, 1.165) is 6.42 Å². The van der Waals surface area contributed by atoms with E-state index in [1.165, 1.54) is 13.2 Å². The van der Waals surface area contributed by atoms with Crippen molar-refractivity contribution in [3.05, 3.63) is 29.6 Å². The van der Waals surface area contributed by atoms with Crippen molar-refractivity contribution in [3.63, 3.8) is 0 Å². The maximum absolute atomic E-state index is 14.0. The molecule has 0 saturated carbocycles. The zero-order valence-electron chi connectivity index (χ0n) is 10.7. The van der Waals surface area contributed by atoms with Crippen molar-refractivity contribution < 1.29 is 13.9 Å². The molecule has 3 unspecified atom stereocenters. The van der Waals surface area contributed by atoms with Gasteiger partial charge in [0.15, 0.2) is 0 Å². The van der Waals surface area contributed by atoms with Gasteiger partial charge in [-0.1, -0.05) is 13.0 Å². The molecule has 1 heterocycles. The number of benzene rings is 1. The van der Waals surface area contributed by atoms with Crippen LogP contribution in [0.2, 0.25) is 0 Å². The van der Waals surface area contributed by atoms with Gasteiger partial charge in [0, 0.05) is 18.2 Å². The lowest BCUT2D eigenvalue weighted by Crippen LogP contribution is -2.39. The lowest BCUT2D eigenvalue weighted by atomic mass is 9.92. The van der Waals surface area contributed by atoms with Gasteiger partial charge in [0.05, 0.1) is 19.3 Å². The predicted molar refractivity (Wildman–Crippen MR) is 66.5 cm³/mol. The summed E-state index contributed by atoms with van der Waals surface area (Å²) in [5, 5.41) is 0. The van der Waals surface area contributed by atoms with Crippen LogP contribution < -0.4 is 16.0 Å². The number of hydrogen-bond acceptors (Lipinski definition) is 4. The highest BCUT2D eigenvalue weighted by Gasteiger charge is 2.33. The molecule has 1 aromatic rings. The minimum absolute atomic E-state index is 0.0992. The van der Waals surface area contributed by atoms with Crippen molar-refractivity contribution in [2.75, 3.05) is 13.7 Å². The Morgan fingerprint density at radius 3 is 2.83 bits per heavy atom. The van der Waals surface area contributed by atoms with Crippen LogP contribution in [-0.4, -0.2) is 19.8 Å². The Bertz CT molecular complexity index is 414. The van der Waals surface area contributed by atoms with Gasteiger partial charge in [0.25, 0.3) is 0 Å². The summed E-state index contributed by atoms with van der Waals surface area (Å²) >= 11 is 0. The topological polar surface area (TPSA) is 56.5 Å². The van der Waals surface area contributed by atoms with E-state index in [4.69, 9.17) is 15.3 Å². The number of hydrazine groups is 1. The molecule has 0 spiro atoms. The highest BCUT2D eigenvalue weighted by Crippen LogP contribution is 2.32. The second-order valence-corrected chi connectivity index (χ2v) is 4.63. The van der Waals surface area contributed by atoms with Crippen LogP contribution in [0, 0.1) is 11.7 Å². The van der Waals surface area contributed by atoms with Crippen LogP contribution in [0.4, 0.5) is 4.39 Å². The molecule has 18 heavy (non-hydrogen) atoms. The van der Waals surface area contributed by atoms with Gasteiger partial charge in [-0.25, -0.2) is 4.39 Å². The minimum atomic E-state index is -0.339. The third-order valence-electron chi connectivity index (χ3n) is 3.50. The van der Waals surface area contributed by atoms with Crippen LogP contribution in [-0.2, 0) is 4.74 Å². The Morgan fingerprint density at radius 2 is 2.33 bits per heavy atom. The third kappa shape index (κ3) is 2.48. The molecule has 100 valence electrons.